The van der Waals surface area contributed by atoms with Crippen molar-refractivity contribution in [1.82, 2.24) is 50.5 Å². The minimum absolute atomic E-state index is 0.0210. The first-order valence-corrected chi connectivity index (χ1v) is 27.1. The molecule has 2 aromatic rings. The molecular formula is C51H79N13O16. The Morgan fingerprint density at radius 3 is 1.66 bits per heavy atom. The number of unbranched alkanes of at least 4 members (excludes halogenated alkanes) is 5. The number of urea groups is 1. The fourth-order valence-corrected chi connectivity index (χ4v) is 9.29. The summed E-state index contributed by atoms with van der Waals surface area (Å²) in [6, 6.07) is 3.02. The first-order chi connectivity index (χ1) is 38.2. The lowest BCUT2D eigenvalue weighted by Crippen LogP contribution is -2.53. The normalized spacial score (nSPS) is 16.9. The van der Waals surface area contributed by atoms with E-state index in [2.05, 4.69) is 36.5 Å². The third-order valence-electron chi connectivity index (χ3n) is 13.5. The van der Waals surface area contributed by atoms with Crippen molar-refractivity contribution in [3.8, 4) is 0 Å². The molecule has 2 aliphatic heterocycles. The number of nitrogens with one attached hydrogen (secondary N) is 5. The maximum atomic E-state index is 12.4. The molecule has 2 fully saturated rings. The van der Waals surface area contributed by atoms with E-state index >= 15 is 0 Å². The van der Waals surface area contributed by atoms with Crippen LogP contribution in [0.4, 0.5) is 28.3 Å². The fourth-order valence-electron chi connectivity index (χ4n) is 9.29. The van der Waals surface area contributed by atoms with Gasteiger partial charge in [-0.2, -0.15) is 15.0 Å². The number of carboxylic acid groups (broad SMARTS) is 7. The number of hydrogen-bond donors (Lipinski definition) is 12. The van der Waals surface area contributed by atoms with Crippen LogP contribution in [-0.2, 0) is 44.8 Å². The average molecular weight is 1130 g/mol. The van der Waals surface area contributed by atoms with Crippen LogP contribution in [-0.4, -0.2) is 240 Å². The molecule has 2 saturated heterocycles. The summed E-state index contributed by atoms with van der Waals surface area (Å²) in [5, 5.41) is 80.3. The molecule has 3 heterocycles. The van der Waals surface area contributed by atoms with Gasteiger partial charge in [-0.1, -0.05) is 31.4 Å². The zero-order valence-corrected chi connectivity index (χ0v) is 45.1. The van der Waals surface area contributed by atoms with E-state index in [4.69, 9.17) is 15.1 Å². The number of carbonyl (C=O) groups is 9. The molecule has 3 atom stereocenters. The van der Waals surface area contributed by atoms with Gasteiger partial charge in [0.15, 0.2) is 0 Å². The third-order valence-corrected chi connectivity index (χ3v) is 13.5. The maximum Gasteiger partial charge on any atom is 0.326 e. The quantitative estimate of drug-likeness (QED) is 0.0438. The molecule has 3 amide bonds. The van der Waals surface area contributed by atoms with Gasteiger partial charge in [0.05, 0.1) is 26.2 Å². The molecular weight excluding hydrogens is 1050 g/mol. The number of carboxylic acids is 7. The molecule has 2 aliphatic rings. The van der Waals surface area contributed by atoms with Crippen LogP contribution < -0.4 is 31.5 Å². The van der Waals surface area contributed by atoms with E-state index in [0.717, 1.165) is 63.6 Å². The van der Waals surface area contributed by atoms with E-state index in [9.17, 15) is 73.8 Å². The lowest BCUT2D eigenvalue weighted by molar-refractivity contribution is -0.142. The van der Waals surface area contributed by atoms with Gasteiger partial charge in [-0.15, -0.1) is 0 Å². The first-order valence-electron chi connectivity index (χ1n) is 27.1. The molecule has 29 heteroatoms. The van der Waals surface area contributed by atoms with E-state index < -0.39 is 72.4 Å². The van der Waals surface area contributed by atoms with Gasteiger partial charge in [-0.3, -0.25) is 48.4 Å². The van der Waals surface area contributed by atoms with E-state index in [1.54, 1.807) is 19.6 Å². The van der Waals surface area contributed by atoms with Crippen LogP contribution in [0.1, 0.15) is 95.5 Å². The highest BCUT2D eigenvalue weighted by molar-refractivity contribution is 5.86. The monoisotopic (exact) mass is 1130 g/mol. The summed E-state index contributed by atoms with van der Waals surface area (Å²) >= 11 is 0. The van der Waals surface area contributed by atoms with Gasteiger partial charge >= 0.3 is 47.8 Å². The number of aliphatic carboxylic acids is 7. The summed E-state index contributed by atoms with van der Waals surface area (Å²) in [5.41, 5.74) is 1.48. The maximum absolute atomic E-state index is 12.4. The van der Waals surface area contributed by atoms with Crippen LogP contribution in [0.3, 0.4) is 0 Å². The van der Waals surface area contributed by atoms with Crippen LogP contribution in [0.5, 0.6) is 0 Å². The Kier molecular flexibility index (Phi) is 28.6. The molecule has 29 nitrogen and oxygen atoms in total. The number of anilines is 4. The Labute approximate surface area is 463 Å². The summed E-state index contributed by atoms with van der Waals surface area (Å²) < 4.78 is 0. The second-order valence-electron chi connectivity index (χ2n) is 20.0. The Morgan fingerprint density at radius 1 is 0.525 bits per heavy atom. The van der Waals surface area contributed by atoms with Crippen molar-refractivity contribution in [2.75, 3.05) is 114 Å². The summed E-state index contributed by atoms with van der Waals surface area (Å²) in [6.45, 7) is 2.34. The third kappa shape index (κ3) is 26.4. The van der Waals surface area contributed by atoms with Crippen LogP contribution in [0.15, 0.2) is 24.3 Å². The number of amides is 3. The first kappa shape index (κ1) is 65.0. The zero-order valence-electron chi connectivity index (χ0n) is 45.1. The number of aromatic nitrogens is 3. The summed E-state index contributed by atoms with van der Waals surface area (Å²) in [4.78, 5) is 129. The second kappa shape index (κ2) is 35.2. The minimum atomic E-state index is -1.51. The lowest BCUT2D eigenvalue weighted by atomic mass is 10.0. The Morgan fingerprint density at radius 2 is 1.06 bits per heavy atom. The Bertz CT molecular complexity index is 2350. The smallest absolute Gasteiger partial charge is 0.326 e. The van der Waals surface area contributed by atoms with Crippen molar-refractivity contribution in [3.63, 3.8) is 0 Å². The van der Waals surface area contributed by atoms with Crippen LogP contribution >= 0.6 is 0 Å². The molecule has 0 spiro atoms. The van der Waals surface area contributed by atoms with Gasteiger partial charge in [0, 0.05) is 96.6 Å². The highest BCUT2D eigenvalue weighted by Gasteiger charge is 2.29. The standard InChI is InChI=1S/C51H79N13O16/c65-40(52-19-8-6-11-38(46(76)77)55-51(80)56-39(47(78)79)17-18-41(66)67)12-5-2-1-3-7-20-53-48-57-49(59-50(58-48)63-21-9-4-10-22-63)54-36-15-13-35(14-16-36)29-37-30-62(33-44(72)73)26-25-60(31-42(68)69)23-24-61(32-43(70)71)27-28-64(37)34-45(74)75/h13-16,37-39H,1-12,17-34H2,(H,52,65)(H,66,67)(H,68,69)(H,70,71)(H,72,73)(H,74,75)(H,76,77)(H,78,79)(H2,55,56,80)(H2,53,54,57,58,59)/t37?,38-,39-/m0/s1. The zero-order chi connectivity index (χ0) is 58.4. The van der Waals surface area contributed by atoms with Crippen molar-refractivity contribution in [1.29, 1.82) is 0 Å². The number of carbonyl (C=O) groups excluding carboxylic acids is 2. The Balaban J connectivity index is 1.28. The van der Waals surface area contributed by atoms with E-state index in [1.165, 1.54) is 0 Å². The molecule has 4 rings (SSSR count). The number of hydrogen-bond acceptors (Lipinski definition) is 19. The SMILES string of the molecule is O=C(O)CC[C@H](NC(=O)N[C@@H](CCCCNC(=O)CCCCCCCNc1nc(Nc2ccc(CC3CN(CC(=O)O)CCN(CC(=O)O)CCN(CC(=O)O)CCN3CC(=O)O)cc2)nc(N2CCCCC2)n1)C(=O)O)C(=O)O. The Hall–Kier alpha value is -7.50. The second-order valence-corrected chi connectivity index (χ2v) is 20.0. The molecule has 1 aromatic carbocycles. The summed E-state index contributed by atoms with van der Waals surface area (Å²) in [7, 11) is 0. The summed E-state index contributed by atoms with van der Waals surface area (Å²) in [5.74, 6) is -7.27. The van der Waals surface area contributed by atoms with Gasteiger partial charge in [0.1, 0.15) is 12.1 Å². The van der Waals surface area contributed by atoms with Crippen molar-refractivity contribution in [2.45, 2.75) is 114 Å². The van der Waals surface area contributed by atoms with Crippen molar-refractivity contribution in [3.05, 3.63) is 29.8 Å². The number of rotatable bonds is 34. The molecule has 444 valence electrons. The largest absolute Gasteiger partial charge is 0.481 e. The molecule has 0 aliphatic carbocycles. The predicted octanol–water partition coefficient (Wildman–Crippen LogP) is 1.19. The molecule has 12 N–H and O–H groups in total. The minimum Gasteiger partial charge on any atom is -0.481 e. The van der Waals surface area contributed by atoms with Gasteiger partial charge in [0.25, 0.3) is 0 Å². The molecule has 0 saturated carbocycles. The topological polar surface area (TPSA) is 410 Å². The van der Waals surface area contributed by atoms with Crippen LogP contribution in [0.25, 0.3) is 0 Å². The fraction of sp³-hybridized carbons (Fsp3) is 0.647. The van der Waals surface area contributed by atoms with E-state index in [1.807, 2.05) is 24.3 Å². The van der Waals surface area contributed by atoms with Gasteiger partial charge in [-0.25, -0.2) is 14.4 Å². The predicted molar refractivity (Wildman–Crippen MR) is 289 cm³/mol. The highest BCUT2D eigenvalue weighted by Crippen LogP contribution is 2.23. The van der Waals surface area contributed by atoms with Crippen molar-refractivity contribution in [2.24, 2.45) is 0 Å². The van der Waals surface area contributed by atoms with Crippen LogP contribution in [0.2, 0.25) is 0 Å². The lowest BCUT2D eigenvalue weighted by Gasteiger charge is -2.37. The number of nitrogens with zero attached hydrogens (tertiary/aromatic N) is 8. The van der Waals surface area contributed by atoms with Gasteiger partial charge in [0.2, 0.25) is 23.8 Å². The number of benzene rings is 1. The van der Waals surface area contributed by atoms with E-state index in [0.29, 0.717) is 68.7 Å². The molecule has 80 heavy (non-hydrogen) atoms. The average Bonchev–Trinajstić information content (AvgIpc) is 3.41. The molecule has 1 unspecified atom stereocenters. The van der Waals surface area contributed by atoms with Gasteiger partial charge < -0.3 is 67.2 Å². The van der Waals surface area contributed by atoms with E-state index in [-0.39, 0.29) is 90.7 Å². The molecule has 1 aromatic heterocycles. The van der Waals surface area contributed by atoms with Crippen molar-refractivity contribution < 1.29 is 78.9 Å². The molecule has 0 bridgehead atoms. The number of piperidine rings is 1. The highest BCUT2D eigenvalue weighted by atomic mass is 16.4. The summed E-state index contributed by atoms with van der Waals surface area (Å²) in [6.07, 6.45) is 7.73. The van der Waals surface area contributed by atoms with Gasteiger partial charge in [-0.05, 0) is 81.9 Å². The molecule has 0 radical (unpaired) electrons. The van der Waals surface area contributed by atoms with Crippen LogP contribution in [0, 0.1) is 0 Å². The van der Waals surface area contributed by atoms with Crippen molar-refractivity contribution >= 4 is 77.3 Å².